The zero-order chi connectivity index (χ0) is 13.0. The molecular formula is C14H22N2O. The fourth-order valence-electron chi connectivity index (χ4n) is 1.83. The Bertz CT molecular complexity index is 399. The topological polar surface area (TPSA) is 49.5 Å². The Labute approximate surface area is 104 Å². The van der Waals surface area contributed by atoms with Gasteiger partial charge in [0.25, 0.3) is 0 Å². The van der Waals surface area contributed by atoms with E-state index in [1.165, 1.54) is 0 Å². The van der Waals surface area contributed by atoms with E-state index in [1.807, 2.05) is 26.0 Å². The largest absolute Gasteiger partial charge is 0.508 e. The van der Waals surface area contributed by atoms with Gasteiger partial charge in [-0.05, 0) is 26.8 Å². The fraction of sp³-hybridized carbons (Fsp3) is 0.429. The summed E-state index contributed by atoms with van der Waals surface area (Å²) in [5.74, 6) is 0.262. The molecule has 0 aliphatic rings. The van der Waals surface area contributed by atoms with Crippen LogP contribution >= 0.6 is 0 Å². The van der Waals surface area contributed by atoms with Crippen molar-refractivity contribution >= 4 is 5.69 Å². The summed E-state index contributed by atoms with van der Waals surface area (Å²) in [6.45, 7) is 11.5. The minimum absolute atomic E-state index is 0.153. The Hall–Kier alpha value is -1.48. The Kier molecular flexibility index (Phi) is 4.58. The Morgan fingerprint density at radius 2 is 2.18 bits per heavy atom. The second-order valence-corrected chi connectivity index (χ2v) is 4.50. The SMILES string of the molecule is C=C(C)CN(CC)c1ccc(C(C)N)c(O)c1. The standard InChI is InChI=1S/C14H22N2O/c1-5-16(9-10(2)3)12-6-7-13(11(4)15)14(17)8-12/h6-8,11,17H,2,5,9,15H2,1,3-4H3. The zero-order valence-corrected chi connectivity index (χ0v) is 10.9. The van der Waals surface area contributed by atoms with Gasteiger partial charge in [0.15, 0.2) is 0 Å². The lowest BCUT2D eigenvalue weighted by Gasteiger charge is -2.24. The van der Waals surface area contributed by atoms with Crippen molar-refractivity contribution < 1.29 is 5.11 Å². The van der Waals surface area contributed by atoms with Crippen molar-refractivity contribution in [2.24, 2.45) is 5.73 Å². The molecule has 0 bridgehead atoms. The Balaban J connectivity index is 2.98. The van der Waals surface area contributed by atoms with Gasteiger partial charge in [0.2, 0.25) is 0 Å². The number of hydrogen-bond donors (Lipinski definition) is 2. The minimum Gasteiger partial charge on any atom is -0.508 e. The summed E-state index contributed by atoms with van der Waals surface area (Å²) in [5.41, 5.74) is 8.64. The second-order valence-electron chi connectivity index (χ2n) is 4.50. The predicted molar refractivity (Wildman–Crippen MR) is 73.4 cm³/mol. The molecule has 0 aliphatic heterocycles. The van der Waals surface area contributed by atoms with Crippen molar-refractivity contribution in [3.63, 3.8) is 0 Å². The molecule has 0 aromatic heterocycles. The molecule has 0 aliphatic carbocycles. The number of nitrogens with zero attached hydrogens (tertiary/aromatic N) is 1. The lowest BCUT2D eigenvalue weighted by atomic mass is 10.1. The van der Waals surface area contributed by atoms with Gasteiger partial charge in [-0.25, -0.2) is 0 Å². The van der Waals surface area contributed by atoms with E-state index in [0.29, 0.717) is 0 Å². The highest BCUT2D eigenvalue weighted by Crippen LogP contribution is 2.28. The Morgan fingerprint density at radius 3 is 2.59 bits per heavy atom. The number of anilines is 1. The summed E-state index contributed by atoms with van der Waals surface area (Å²) < 4.78 is 0. The normalized spacial score (nSPS) is 12.2. The van der Waals surface area contributed by atoms with E-state index in [4.69, 9.17) is 5.73 Å². The first-order valence-electron chi connectivity index (χ1n) is 5.93. The van der Waals surface area contributed by atoms with Crippen molar-refractivity contribution in [1.82, 2.24) is 0 Å². The van der Waals surface area contributed by atoms with Crippen LogP contribution in [0.15, 0.2) is 30.4 Å². The fourth-order valence-corrected chi connectivity index (χ4v) is 1.83. The van der Waals surface area contributed by atoms with Crippen molar-refractivity contribution in [1.29, 1.82) is 0 Å². The summed E-state index contributed by atoms with van der Waals surface area (Å²) in [7, 11) is 0. The van der Waals surface area contributed by atoms with Crippen LogP contribution in [-0.4, -0.2) is 18.2 Å². The first-order chi connectivity index (χ1) is 7.95. The van der Waals surface area contributed by atoms with Gasteiger partial charge in [-0.15, -0.1) is 0 Å². The third-order valence-electron chi connectivity index (χ3n) is 2.71. The molecular weight excluding hydrogens is 212 g/mol. The van der Waals surface area contributed by atoms with Crippen molar-refractivity contribution in [2.45, 2.75) is 26.8 Å². The molecule has 0 spiro atoms. The van der Waals surface area contributed by atoms with E-state index in [0.717, 1.165) is 29.9 Å². The maximum absolute atomic E-state index is 9.91. The molecule has 94 valence electrons. The summed E-state index contributed by atoms with van der Waals surface area (Å²) in [5, 5.41) is 9.91. The van der Waals surface area contributed by atoms with E-state index in [2.05, 4.69) is 18.4 Å². The maximum Gasteiger partial charge on any atom is 0.122 e. The zero-order valence-electron chi connectivity index (χ0n) is 10.9. The van der Waals surface area contributed by atoms with Crippen LogP contribution in [0.25, 0.3) is 0 Å². The number of phenols is 1. The minimum atomic E-state index is -0.153. The molecule has 0 heterocycles. The van der Waals surface area contributed by atoms with Crippen molar-refractivity contribution in [3.8, 4) is 5.75 Å². The molecule has 17 heavy (non-hydrogen) atoms. The van der Waals surface area contributed by atoms with Gasteiger partial charge >= 0.3 is 0 Å². The molecule has 0 fully saturated rings. The molecule has 1 aromatic rings. The number of hydrogen-bond acceptors (Lipinski definition) is 3. The molecule has 1 rings (SSSR count). The van der Waals surface area contributed by atoms with Gasteiger partial charge in [0, 0.05) is 36.4 Å². The highest BCUT2D eigenvalue weighted by Gasteiger charge is 2.10. The van der Waals surface area contributed by atoms with Crippen molar-refractivity contribution in [2.75, 3.05) is 18.0 Å². The predicted octanol–water partition coefficient (Wildman–Crippen LogP) is 2.81. The smallest absolute Gasteiger partial charge is 0.122 e. The third-order valence-corrected chi connectivity index (χ3v) is 2.71. The third kappa shape index (κ3) is 3.49. The molecule has 3 N–H and O–H groups in total. The van der Waals surface area contributed by atoms with Crippen LogP contribution in [0.5, 0.6) is 5.75 Å². The van der Waals surface area contributed by atoms with Crippen LogP contribution < -0.4 is 10.6 Å². The molecule has 0 saturated carbocycles. The van der Waals surface area contributed by atoms with E-state index in [9.17, 15) is 5.11 Å². The molecule has 1 atom stereocenters. The summed E-state index contributed by atoms with van der Waals surface area (Å²) >= 11 is 0. The van der Waals surface area contributed by atoms with E-state index in [-0.39, 0.29) is 11.8 Å². The summed E-state index contributed by atoms with van der Waals surface area (Å²) in [6.07, 6.45) is 0. The molecule has 0 radical (unpaired) electrons. The summed E-state index contributed by atoms with van der Waals surface area (Å²) in [6, 6.07) is 5.49. The lowest BCUT2D eigenvalue weighted by Crippen LogP contribution is -2.24. The van der Waals surface area contributed by atoms with Crippen molar-refractivity contribution in [3.05, 3.63) is 35.9 Å². The van der Waals surface area contributed by atoms with Gasteiger partial charge in [0.1, 0.15) is 5.75 Å². The van der Waals surface area contributed by atoms with Crippen LogP contribution in [0.2, 0.25) is 0 Å². The van der Waals surface area contributed by atoms with Gasteiger partial charge in [-0.1, -0.05) is 18.2 Å². The number of aromatic hydroxyl groups is 1. The number of likely N-dealkylation sites (N-methyl/N-ethyl adjacent to an activating group) is 1. The summed E-state index contributed by atoms with van der Waals surface area (Å²) in [4.78, 5) is 2.16. The average molecular weight is 234 g/mol. The van der Waals surface area contributed by atoms with Gasteiger partial charge < -0.3 is 15.7 Å². The highest BCUT2D eigenvalue weighted by molar-refractivity contribution is 5.54. The number of benzene rings is 1. The Morgan fingerprint density at radius 1 is 1.53 bits per heavy atom. The molecule has 3 nitrogen and oxygen atoms in total. The van der Waals surface area contributed by atoms with E-state index >= 15 is 0 Å². The van der Waals surface area contributed by atoms with Gasteiger partial charge in [0.05, 0.1) is 0 Å². The quantitative estimate of drug-likeness (QED) is 0.770. The van der Waals surface area contributed by atoms with Crippen LogP contribution in [0, 0.1) is 0 Å². The molecule has 0 saturated heterocycles. The second kappa shape index (κ2) is 5.73. The highest BCUT2D eigenvalue weighted by atomic mass is 16.3. The van der Waals surface area contributed by atoms with Crippen LogP contribution in [0.4, 0.5) is 5.69 Å². The van der Waals surface area contributed by atoms with E-state index < -0.39 is 0 Å². The lowest BCUT2D eigenvalue weighted by molar-refractivity contribution is 0.463. The first-order valence-corrected chi connectivity index (χ1v) is 5.93. The first kappa shape index (κ1) is 13.6. The monoisotopic (exact) mass is 234 g/mol. The average Bonchev–Trinajstić information content (AvgIpc) is 2.24. The maximum atomic E-state index is 9.91. The van der Waals surface area contributed by atoms with Gasteiger partial charge in [-0.3, -0.25) is 0 Å². The number of rotatable bonds is 5. The van der Waals surface area contributed by atoms with Crippen LogP contribution in [0.1, 0.15) is 32.4 Å². The van der Waals surface area contributed by atoms with Gasteiger partial charge in [-0.2, -0.15) is 0 Å². The molecule has 1 unspecified atom stereocenters. The van der Waals surface area contributed by atoms with Crippen LogP contribution in [-0.2, 0) is 0 Å². The molecule has 1 aromatic carbocycles. The molecule has 0 amide bonds. The van der Waals surface area contributed by atoms with E-state index in [1.54, 1.807) is 6.07 Å². The number of phenolic OH excluding ortho intramolecular Hbond substituents is 1. The molecule has 3 heteroatoms. The number of nitrogens with two attached hydrogens (primary N) is 1. The van der Waals surface area contributed by atoms with Crippen LogP contribution in [0.3, 0.4) is 0 Å².